The minimum atomic E-state index is -0.244. The molecule has 0 aliphatic heterocycles. The van der Waals surface area contributed by atoms with Crippen LogP contribution in [-0.4, -0.2) is 5.78 Å². The van der Waals surface area contributed by atoms with E-state index in [0.29, 0.717) is 6.42 Å². The summed E-state index contributed by atoms with van der Waals surface area (Å²) in [5.74, 6) is -0.109. The topological polar surface area (TPSA) is 17.1 Å². The van der Waals surface area contributed by atoms with Crippen LogP contribution in [0.3, 0.4) is 0 Å². The highest BCUT2D eigenvalue weighted by Crippen LogP contribution is 2.20. The molecule has 2 rings (SSSR count). The zero-order valence-electron chi connectivity index (χ0n) is 9.61. The summed E-state index contributed by atoms with van der Waals surface area (Å²) in [7, 11) is 0. The van der Waals surface area contributed by atoms with Gasteiger partial charge in [-0.2, -0.15) is 0 Å². The van der Waals surface area contributed by atoms with Crippen LogP contribution < -0.4 is 0 Å². The molecule has 0 spiro atoms. The minimum Gasteiger partial charge on any atom is -0.294 e. The van der Waals surface area contributed by atoms with E-state index in [9.17, 15) is 9.18 Å². The second-order valence-electron chi connectivity index (χ2n) is 3.86. The average Bonchev–Trinajstić information content (AvgIpc) is 2.39. The van der Waals surface area contributed by atoms with Crippen molar-refractivity contribution in [3.63, 3.8) is 0 Å². The van der Waals surface area contributed by atoms with Gasteiger partial charge in [-0.15, -0.1) is 0 Å². The van der Waals surface area contributed by atoms with E-state index in [1.54, 1.807) is 12.1 Å². The normalized spacial score (nSPS) is 10.2. The lowest BCUT2D eigenvalue weighted by molar-refractivity contribution is 0.0988. The Morgan fingerprint density at radius 1 is 0.941 bits per heavy atom. The molecule has 0 amide bonds. The predicted molar refractivity (Wildman–Crippen MR) is 66.5 cm³/mol. The van der Waals surface area contributed by atoms with E-state index in [-0.39, 0.29) is 11.6 Å². The van der Waals surface area contributed by atoms with E-state index < -0.39 is 0 Å². The minimum absolute atomic E-state index is 0.135. The van der Waals surface area contributed by atoms with Gasteiger partial charge in [-0.3, -0.25) is 4.79 Å². The van der Waals surface area contributed by atoms with Crippen LogP contribution in [0.1, 0.15) is 23.7 Å². The molecule has 0 saturated heterocycles. The Hall–Kier alpha value is -1.96. The fraction of sp³-hybridized carbons (Fsp3) is 0.133. The Morgan fingerprint density at radius 3 is 1.88 bits per heavy atom. The fourth-order valence-corrected chi connectivity index (χ4v) is 1.70. The Kier molecular flexibility index (Phi) is 3.33. The molecule has 2 aromatic rings. The summed E-state index contributed by atoms with van der Waals surface area (Å²) in [4.78, 5) is 11.5. The molecule has 0 heterocycles. The number of hydrogen-bond acceptors (Lipinski definition) is 1. The molecule has 0 fully saturated rings. The van der Waals surface area contributed by atoms with Crippen molar-refractivity contribution in [2.45, 2.75) is 13.3 Å². The number of ketones is 1. The molecular formula is C15H13FO. The molecule has 0 atom stereocenters. The van der Waals surface area contributed by atoms with E-state index in [0.717, 1.165) is 16.7 Å². The highest BCUT2D eigenvalue weighted by atomic mass is 19.1. The molecule has 0 aliphatic carbocycles. The first-order valence-corrected chi connectivity index (χ1v) is 5.60. The first-order valence-electron chi connectivity index (χ1n) is 5.60. The second kappa shape index (κ2) is 4.91. The molecule has 0 aliphatic rings. The predicted octanol–water partition coefficient (Wildman–Crippen LogP) is 4.09. The number of carbonyl (C=O) groups is 1. The third-order valence-corrected chi connectivity index (χ3v) is 2.71. The zero-order valence-corrected chi connectivity index (χ0v) is 9.61. The lowest BCUT2D eigenvalue weighted by Crippen LogP contribution is -1.95. The molecule has 0 radical (unpaired) electrons. The molecule has 1 nitrogen and oxygen atoms in total. The van der Waals surface area contributed by atoms with E-state index in [1.807, 2.05) is 31.2 Å². The average molecular weight is 228 g/mol. The molecule has 0 saturated carbocycles. The summed E-state index contributed by atoms with van der Waals surface area (Å²) in [5, 5.41) is 0. The third-order valence-electron chi connectivity index (χ3n) is 2.71. The number of carbonyl (C=O) groups excluding carboxylic acids is 1. The lowest BCUT2D eigenvalue weighted by Gasteiger charge is -2.03. The molecule has 2 heteroatoms. The molecule has 86 valence electrons. The number of hydrogen-bond donors (Lipinski definition) is 0. The quantitative estimate of drug-likeness (QED) is 0.723. The van der Waals surface area contributed by atoms with Gasteiger partial charge >= 0.3 is 0 Å². The number of benzene rings is 2. The molecule has 0 bridgehead atoms. The standard InChI is InChI=1S/C15H13FO/c1-2-15(17)13-5-3-11(4-6-13)12-7-9-14(16)10-8-12/h3-10H,2H2,1H3. The van der Waals surface area contributed by atoms with Gasteiger partial charge < -0.3 is 0 Å². The Morgan fingerprint density at radius 2 is 1.41 bits per heavy atom. The lowest BCUT2D eigenvalue weighted by atomic mass is 10.0. The van der Waals surface area contributed by atoms with Crippen LogP contribution in [-0.2, 0) is 0 Å². The van der Waals surface area contributed by atoms with Gasteiger partial charge in [0.25, 0.3) is 0 Å². The van der Waals surface area contributed by atoms with Gasteiger partial charge in [-0.05, 0) is 23.3 Å². The number of rotatable bonds is 3. The second-order valence-corrected chi connectivity index (χ2v) is 3.86. The maximum Gasteiger partial charge on any atom is 0.162 e. The number of halogens is 1. The van der Waals surface area contributed by atoms with Crippen molar-refractivity contribution in [2.24, 2.45) is 0 Å². The summed E-state index contributed by atoms with van der Waals surface area (Å²) in [6.45, 7) is 1.84. The number of Topliss-reactive ketones (excluding diaryl/α,β-unsaturated/α-hetero) is 1. The SMILES string of the molecule is CCC(=O)c1ccc(-c2ccc(F)cc2)cc1. The van der Waals surface area contributed by atoms with Gasteiger partial charge in [-0.1, -0.05) is 43.3 Å². The highest BCUT2D eigenvalue weighted by molar-refractivity contribution is 5.96. The van der Waals surface area contributed by atoms with E-state index in [2.05, 4.69) is 0 Å². The molecular weight excluding hydrogens is 215 g/mol. The van der Waals surface area contributed by atoms with Gasteiger partial charge in [0.05, 0.1) is 0 Å². The van der Waals surface area contributed by atoms with Crippen molar-refractivity contribution in [3.8, 4) is 11.1 Å². The first-order chi connectivity index (χ1) is 8.20. The van der Waals surface area contributed by atoms with Crippen molar-refractivity contribution in [2.75, 3.05) is 0 Å². The van der Waals surface area contributed by atoms with Crippen molar-refractivity contribution < 1.29 is 9.18 Å². The van der Waals surface area contributed by atoms with Gasteiger partial charge in [0, 0.05) is 12.0 Å². The summed E-state index contributed by atoms with van der Waals surface area (Å²) in [6.07, 6.45) is 0.510. The van der Waals surface area contributed by atoms with Crippen molar-refractivity contribution in [3.05, 3.63) is 59.9 Å². The molecule has 17 heavy (non-hydrogen) atoms. The summed E-state index contributed by atoms with van der Waals surface area (Å²) in [6, 6.07) is 13.7. The summed E-state index contributed by atoms with van der Waals surface area (Å²) >= 11 is 0. The Labute approximate surface area is 99.9 Å². The summed E-state index contributed by atoms with van der Waals surface area (Å²) < 4.78 is 12.8. The third kappa shape index (κ3) is 2.59. The molecule has 2 aromatic carbocycles. The largest absolute Gasteiger partial charge is 0.294 e. The maximum atomic E-state index is 12.8. The van der Waals surface area contributed by atoms with Gasteiger partial charge in [0.1, 0.15) is 5.82 Å². The van der Waals surface area contributed by atoms with E-state index in [4.69, 9.17) is 0 Å². The van der Waals surface area contributed by atoms with Gasteiger partial charge in [0.2, 0.25) is 0 Å². The van der Waals surface area contributed by atoms with E-state index in [1.165, 1.54) is 12.1 Å². The maximum absolute atomic E-state index is 12.8. The summed E-state index contributed by atoms with van der Waals surface area (Å²) in [5.41, 5.74) is 2.65. The van der Waals surface area contributed by atoms with Gasteiger partial charge in [0.15, 0.2) is 5.78 Å². The monoisotopic (exact) mass is 228 g/mol. The van der Waals surface area contributed by atoms with Crippen molar-refractivity contribution in [1.29, 1.82) is 0 Å². The van der Waals surface area contributed by atoms with Gasteiger partial charge in [-0.25, -0.2) is 4.39 Å². The molecule has 0 unspecified atom stereocenters. The molecule has 0 N–H and O–H groups in total. The van der Waals surface area contributed by atoms with E-state index >= 15 is 0 Å². The highest BCUT2D eigenvalue weighted by Gasteiger charge is 2.03. The Bertz CT molecular complexity index is 512. The fourth-order valence-electron chi connectivity index (χ4n) is 1.70. The van der Waals surface area contributed by atoms with Crippen LogP contribution in [0.2, 0.25) is 0 Å². The van der Waals surface area contributed by atoms with Crippen LogP contribution in [0.25, 0.3) is 11.1 Å². The van der Waals surface area contributed by atoms with Crippen LogP contribution in [0, 0.1) is 5.82 Å². The van der Waals surface area contributed by atoms with Crippen LogP contribution in [0.15, 0.2) is 48.5 Å². The first kappa shape index (κ1) is 11.5. The van der Waals surface area contributed by atoms with Crippen molar-refractivity contribution in [1.82, 2.24) is 0 Å². The smallest absolute Gasteiger partial charge is 0.162 e. The zero-order chi connectivity index (χ0) is 12.3. The van der Waals surface area contributed by atoms with Crippen molar-refractivity contribution >= 4 is 5.78 Å². The van der Waals surface area contributed by atoms with Crippen LogP contribution in [0.5, 0.6) is 0 Å². The Balaban J connectivity index is 2.29. The molecule has 0 aromatic heterocycles. The van der Waals surface area contributed by atoms with Crippen LogP contribution in [0.4, 0.5) is 4.39 Å². The van der Waals surface area contributed by atoms with Crippen LogP contribution >= 0.6 is 0 Å².